The molecule has 5 nitrogen and oxygen atoms in total. The molecule has 0 fully saturated rings. The third kappa shape index (κ3) is 3.73. The zero-order valence-corrected chi connectivity index (χ0v) is 12.3. The number of phenolic OH excluding ortho intramolecular Hbond substituents is 1. The number of carbonyl (C=O) groups is 1. The second-order valence-corrected chi connectivity index (χ2v) is 4.69. The van der Waals surface area contributed by atoms with Crippen LogP contribution in [0.5, 0.6) is 11.5 Å². The highest BCUT2D eigenvalue weighted by molar-refractivity contribution is 6.31. The van der Waals surface area contributed by atoms with Gasteiger partial charge < -0.3 is 9.84 Å². The van der Waals surface area contributed by atoms with Crippen molar-refractivity contribution in [3.63, 3.8) is 0 Å². The van der Waals surface area contributed by atoms with Gasteiger partial charge in [-0.3, -0.25) is 4.79 Å². The standard InChI is InChI=1S/C15H12ClFN2O3/c1-22-13-7-11(16)5-10(14(13)20)8-18-19-15(21)9-3-2-4-12(17)6-9/h2-8,20H,1H3,(H,19,21)/b18-8+. The summed E-state index contributed by atoms with van der Waals surface area (Å²) in [5, 5.41) is 13.9. The number of halogens is 2. The molecule has 0 spiro atoms. The molecule has 2 aromatic carbocycles. The first-order valence-corrected chi connectivity index (χ1v) is 6.54. The van der Waals surface area contributed by atoms with Gasteiger partial charge in [0, 0.05) is 22.2 Å². The highest BCUT2D eigenvalue weighted by atomic mass is 35.5. The number of methoxy groups -OCH3 is 1. The smallest absolute Gasteiger partial charge is 0.271 e. The fraction of sp³-hybridized carbons (Fsp3) is 0.0667. The van der Waals surface area contributed by atoms with Crippen molar-refractivity contribution in [1.29, 1.82) is 0 Å². The van der Waals surface area contributed by atoms with Gasteiger partial charge in [0.05, 0.1) is 13.3 Å². The molecule has 0 aliphatic rings. The fourth-order valence-electron chi connectivity index (χ4n) is 1.70. The first-order chi connectivity index (χ1) is 10.5. The maximum atomic E-state index is 13.0. The number of hydrogen-bond donors (Lipinski definition) is 2. The lowest BCUT2D eigenvalue weighted by Gasteiger charge is -2.06. The predicted octanol–water partition coefficient (Wildman–Crippen LogP) is 2.96. The van der Waals surface area contributed by atoms with Gasteiger partial charge in [0.2, 0.25) is 0 Å². The number of carbonyl (C=O) groups excluding carboxylic acids is 1. The highest BCUT2D eigenvalue weighted by Crippen LogP contribution is 2.32. The Balaban J connectivity index is 2.13. The van der Waals surface area contributed by atoms with Crippen LogP contribution in [0, 0.1) is 5.82 Å². The summed E-state index contributed by atoms with van der Waals surface area (Å²) >= 11 is 5.87. The van der Waals surface area contributed by atoms with E-state index in [1.54, 1.807) is 0 Å². The van der Waals surface area contributed by atoms with Crippen LogP contribution in [0.3, 0.4) is 0 Å². The SMILES string of the molecule is COc1cc(Cl)cc(/C=N/NC(=O)c2cccc(F)c2)c1O. The molecule has 0 radical (unpaired) electrons. The van der Waals surface area contributed by atoms with Crippen LogP contribution in [-0.4, -0.2) is 24.3 Å². The second kappa shape index (κ2) is 6.91. The van der Waals surface area contributed by atoms with Crippen LogP contribution >= 0.6 is 11.6 Å². The van der Waals surface area contributed by atoms with Gasteiger partial charge in [-0.15, -0.1) is 0 Å². The Morgan fingerprint density at radius 2 is 2.18 bits per heavy atom. The van der Waals surface area contributed by atoms with Crippen LogP contribution in [-0.2, 0) is 0 Å². The molecule has 7 heteroatoms. The average Bonchev–Trinajstić information content (AvgIpc) is 2.50. The number of phenols is 1. The van der Waals surface area contributed by atoms with Crippen molar-refractivity contribution in [3.8, 4) is 11.5 Å². The van der Waals surface area contributed by atoms with Gasteiger partial charge in [0.1, 0.15) is 5.82 Å². The molecule has 0 aliphatic heterocycles. The molecule has 0 atom stereocenters. The van der Waals surface area contributed by atoms with Crippen molar-refractivity contribution in [1.82, 2.24) is 5.43 Å². The van der Waals surface area contributed by atoms with Crippen LogP contribution in [0.1, 0.15) is 15.9 Å². The first kappa shape index (κ1) is 15.8. The van der Waals surface area contributed by atoms with Crippen molar-refractivity contribution in [2.24, 2.45) is 5.10 Å². The average molecular weight is 323 g/mol. The summed E-state index contributed by atoms with van der Waals surface area (Å²) in [6, 6.07) is 8.09. The molecular formula is C15H12ClFN2O3. The molecule has 22 heavy (non-hydrogen) atoms. The van der Waals surface area contributed by atoms with E-state index in [9.17, 15) is 14.3 Å². The quantitative estimate of drug-likeness (QED) is 0.671. The third-order valence-corrected chi connectivity index (χ3v) is 2.96. The van der Waals surface area contributed by atoms with Crippen LogP contribution in [0.2, 0.25) is 5.02 Å². The van der Waals surface area contributed by atoms with Crippen molar-refractivity contribution in [2.75, 3.05) is 7.11 Å². The number of ether oxygens (including phenoxy) is 1. The minimum absolute atomic E-state index is 0.130. The number of aromatic hydroxyl groups is 1. The molecule has 0 aliphatic carbocycles. The van der Waals surface area contributed by atoms with Crippen molar-refractivity contribution < 1.29 is 19.0 Å². The normalized spacial score (nSPS) is 10.7. The number of benzene rings is 2. The Hall–Kier alpha value is -2.60. The maximum absolute atomic E-state index is 13.0. The summed E-state index contributed by atoms with van der Waals surface area (Å²) in [7, 11) is 1.39. The molecule has 114 valence electrons. The van der Waals surface area contributed by atoms with E-state index in [0.29, 0.717) is 5.02 Å². The van der Waals surface area contributed by atoms with Gasteiger partial charge in [-0.1, -0.05) is 17.7 Å². The molecule has 0 saturated heterocycles. The highest BCUT2D eigenvalue weighted by Gasteiger charge is 2.09. The lowest BCUT2D eigenvalue weighted by atomic mass is 10.2. The molecule has 0 heterocycles. The van der Waals surface area contributed by atoms with E-state index in [4.69, 9.17) is 16.3 Å². The molecule has 2 rings (SSSR count). The number of hydrazone groups is 1. The third-order valence-electron chi connectivity index (χ3n) is 2.75. The number of amides is 1. The molecule has 0 saturated carbocycles. The van der Waals surface area contributed by atoms with E-state index >= 15 is 0 Å². The fourth-order valence-corrected chi connectivity index (χ4v) is 1.92. The summed E-state index contributed by atoms with van der Waals surface area (Å²) in [5.41, 5.74) is 2.62. The summed E-state index contributed by atoms with van der Waals surface area (Å²) in [6.45, 7) is 0. The monoisotopic (exact) mass is 322 g/mol. The molecule has 0 aromatic heterocycles. The zero-order valence-electron chi connectivity index (χ0n) is 11.5. The van der Waals surface area contributed by atoms with E-state index in [0.717, 1.165) is 6.07 Å². The Morgan fingerprint density at radius 1 is 1.41 bits per heavy atom. The Bertz CT molecular complexity index is 735. The van der Waals surface area contributed by atoms with Gasteiger partial charge in [0.25, 0.3) is 5.91 Å². The van der Waals surface area contributed by atoms with Gasteiger partial charge in [0.15, 0.2) is 11.5 Å². The molecule has 2 N–H and O–H groups in total. The number of rotatable bonds is 4. The van der Waals surface area contributed by atoms with E-state index < -0.39 is 11.7 Å². The lowest BCUT2D eigenvalue weighted by Crippen LogP contribution is -2.17. The van der Waals surface area contributed by atoms with Crippen LogP contribution in [0.4, 0.5) is 4.39 Å². The van der Waals surface area contributed by atoms with E-state index in [2.05, 4.69) is 10.5 Å². The maximum Gasteiger partial charge on any atom is 0.271 e. The van der Waals surface area contributed by atoms with Crippen molar-refractivity contribution in [3.05, 3.63) is 58.4 Å². The lowest BCUT2D eigenvalue weighted by molar-refractivity contribution is 0.0954. The summed E-state index contributed by atoms with van der Waals surface area (Å²) in [6.07, 6.45) is 1.21. The minimum atomic E-state index is -0.579. The predicted molar refractivity (Wildman–Crippen MR) is 81.1 cm³/mol. The zero-order chi connectivity index (χ0) is 16.1. The summed E-state index contributed by atoms with van der Waals surface area (Å²) in [5.74, 6) is -1.07. The number of hydrogen-bond acceptors (Lipinski definition) is 4. The largest absolute Gasteiger partial charge is 0.504 e. The van der Waals surface area contributed by atoms with Crippen LogP contribution in [0.25, 0.3) is 0 Å². The summed E-state index contributed by atoms with van der Waals surface area (Å²) < 4.78 is 18.0. The molecular weight excluding hydrogens is 311 g/mol. The minimum Gasteiger partial charge on any atom is -0.504 e. The summed E-state index contributed by atoms with van der Waals surface area (Å²) in [4.78, 5) is 11.8. The molecule has 0 unspecified atom stereocenters. The van der Waals surface area contributed by atoms with Gasteiger partial charge in [-0.05, 0) is 24.3 Å². The second-order valence-electron chi connectivity index (χ2n) is 4.26. The Morgan fingerprint density at radius 3 is 2.86 bits per heavy atom. The number of nitrogens with zero attached hydrogens (tertiary/aromatic N) is 1. The number of nitrogens with one attached hydrogen (secondary N) is 1. The first-order valence-electron chi connectivity index (χ1n) is 6.16. The van der Waals surface area contributed by atoms with Crippen LogP contribution < -0.4 is 10.2 Å². The van der Waals surface area contributed by atoms with E-state index in [1.807, 2.05) is 0 Å². The Labute approximate surface area is 131 Å². The van der Waals surface area contributed by atoms with Crippen molar-refractivity contribution in [2.45, 2.75) is 0 Å². The Kier molecular flexibility index (Phi) is 4.95. The van der Waals surface area contributed by atoms with E-state index in [1.165, 1.54) is 43.7 Å². The van der Waals surface area contributed by atoms with E-state index in [-0.39, 0.29) is 22.6 Å². The van der Waals surface area contributed by atoms with Gasteiger partial charge in [-0.2, -0.15) is 5.10 Å². The molecule has 1 amide bonds. The molecule has 0 bridgehead atoms. The van der Waals surface area contributed by atoms with Gasteiger partial charge >= 0.3 is 0 Å². The van der Waals surface area contributed by atoms with Crippen LogP contribution in [0.15, 0.2) is 41.5 Å². The van der Waals surface area contributed by atoms with Crippen molar-refractivity contribution >= 4 is 23.7 Å². The topological polar surface area (TPSA) is 70.9 Å². The molecule has 2 aromatic rings. The van der Waals surface area contributed by atoms with Gasteiger partial charge in [-0.25, -0.2) is 9.82 Å².